The molecule has 0 saturated heterocycles. The standard InChI is InChI=1S/C36H26N2SSi.C23H13BrN2S.C13H12/c1-40(25-12-4-2-5-13-25,26-14-6-3-7-15-26)27-20-21-33-31(24-27)28-16-8-10-18-32(28)38(33)36-35-30(22-23-37-36)29-17-9-11-19-34(29)39-35;24-14-9-10-20-18(13-14)15-5-1-3-7-19(15)26(20)23-22-17(11-12-25-23)16-6-2-4-8-21(16)27-22;1-3-7-12(8-4-1)11-13-9-5-2-6-10-13/h2-24H,1H3;1-13H;1-10H,11H2. The van der Waals surface area contributed by atoms with Crippen LogP contribution in [0.25, 0.3) is 95.6 Å². The Morgan fingerprint density at radius 2 is 0.738 bits per heavy atom. The number of hydrogen-bond donors (Lipinski definition) is 0. The Hall–Kier alpha value is -8.76. The van der Waals surface area contributed by atoms with Crippen LogP contribution in [0.2, 0.25) is 6.55 Å². The monoisotopic (exact) mass is 1140 g/mol. The third kappa shape index (κ3) is 8.82. The Bertz CT molecular complexity index is 4820. The van der Waals surface area contributed by atoms with Crippen LogP contribution in [-0.2, 0) is 6.42 Å². The summed E-state index contributed by atoms with van der Waals surface area (Å²) in [6, 6.07) is 95.7. The van der Waals surface area contributed by atoms with E-state index >= 15 is 0 Å². The van der Waals surface area contributed by atoms with Crippen molar-refractivity contribution in [2.24, 2.45) is 0 Å². The Labute approximate surface area is 481 Å². The van der Waals surface area contributed by atoms with Crippen LogP contribution in [0.15, 0.2) is 284 Å². The SMILES string of the molecule is Brc1ccc2c(c1)c1ccccc1n2-c1nccc2c1sc1ccccc12.C[Si](c1ccccc1)(c1ccccc1)c1ccc2c(c1)c1ccccc1n2-c1nccc2c1sc1ccccc12.c1ccc(Cc2ccccc2)cc1. The van der Waals surface area contributed by atoms with Crippen LogP contribution in [-0.4, -0.2) is 27.2 Å². The molecule has 0 aliphatic rings. The lowest BCUT2D eigenvalue weighted by Gasteiger charge is -2.29. The van der Waals surface area contributed by atoms with Gasteiger partial charge in [-0.1, -0.05) is 229 Å². The highest BCUT2D eigenvalue weighted by atomic mass is 79.9. The van der Waals surface area contributed by atoms with Crippen LogP contribution >= 0.6 is 38.6 Å². The third-order valence-corrected chi connectivity index (χ3v) is 23.0. The highest BCUT2D eigenvalue weighted by Crippen LogP contribution is 2.42. The summed E-state index contributed by atoms with van der Waals surface area (Å²) in [6.07, 6.45) is 4.92. The summed E-state index contributed by atoms with van der Waals surface area (Å²) in [4.78, 5) is 9.82. The van der Waals surface area contributed by atoms with E-state index in [4.69, 9.17) is 9.97 Å². The average Bonchev–Trinajstić information content (AvgIpc) is 4.39. The fourth-order valence-electron chi connectivity index (χ4n) is 11.8. The largest absolute Gasteiger partial charge is 0.293 e. The zero-order valence-electron chi connectivity index (χ0n) is 43.7. The summed E-state index contributed by atoms with van der Waals surface area (Å²) >= 11 is 7.27. The number of thiophene rings is 2. The number of hydrogen-bond acceptors (Lipinski definition) is 4. The lowest BCUT2D eigenvalue weighted by atomic mass is 10.1. The van der Waals surface area contributed by atoms with Gasteiger partial charge in [0, 0.05) is 69.4 Å². The van der Waals surface area contributed by atoms with Crippen LogP contribution in [0.1, 0.15) is 11.1 Å². The molecule has 8 heteroatoms. The molecule has 6 heterocycles. The Kier molecular flexibility index (Phi) is 13.1. The number of pyridine rings is 2. The van der Waals surface area contributed by atoms with Gasteiger partial charge in [-0.3, -0.25) is 9.13 Å². The first kappa shape index (κ1) is 49.5. The van der Waals surface area contributed by atoms with Crippen molar-refractivity contribution in [3.63, 3.8) is 0 Å². The molecule has 0 unspecified atom stereocenters. The van der Waals surface area contributed by atoms with E-state index in [1.807, 2.05) is 35.1 Å². The fraction of sp³-hybridized carbons (Fsp3) is 0.0278. The minimum absolute atomic E-state index is 1.00. The first-order chi connectivity index (χ1) is 39.5. The number of rotatable bonds is 7. The molecule has 0 atom stereocenters. The van der Waals surface area contributed by atoms with Gasteiger partial charge in [-0.15, -0.1) is 22.7 Å². The molecule has 0 spiro atoms. The minimum atomic E-state index is -2.24. The Morgan fingerprint density at radius 3 is 1.23 bits per heavy atom. The van der Waals surface area contributed by atoms with Gasteiger partial charge in [0.15, 0.2) is 11.6 Å². The molecule has 0 saturated carbocycles. The number of nitrogens with zero attached hydrogens (tertiary/aromatic N) is 4. The number of fused-ring (bicyclic) bond motifs is 12. The molecule has 0 bridgehead atoms. The molecule has 0 amide bonds. The van der Waals surface area contributed by atoms with Crippen LogP contribution in [0.4, 0.5) is 0 Å². The van der Waals surface area contributed by atoms with Gasteiger partial charge in [-0.2, -0.15) is 0 Å². The number of benzene rings is 10. The summed E-state index contributed by atoms with van der Waals surface area (Å²) in [5.41, 5.74) is 7.48. The van der Waals surface area contributed by atoms with Crippen molar-refractivity contribution >= 4 is 146 Å². The van der Waals surface area contributed by atoms with Gasteiger partial charge in [-0.05, 0) is 93.8 Å². The zero-order chi connectivity index (χ0) is 53.6. The predicted octanol–water partition coefficient (Wildman–Crippen LogP) is 18.2. The maximum absolute atomic E-state index is 4.99. The molecule has 10 aromatic carbocycles. The molecular formula is C72H51BrN4S2Si. The number of aromatic nitrogens is 4. The maximum atomic E-state index is 4.99. The van der Waals surface area contributed by atoms with Gasteiger partial charge < -0.3 is 0 Å². The highest BCUT2D eigenvalue weighted by Gasteiger charge is 2.34. The predicted molar refractivity (Wildman–Crippen MR) is 350 cm³/mol. The van der Waals surface area contributed by atoms with Gasteiger partial charge in [-0.25, -0.2) is 9.97 Å². The Morgan fingerprint density at radius 1 is 0.350 bits per heavy atom. The van der Waals surface area contributed by atoms with E-state index < -0.39 is 8.07 Å². The summed E-state index contributed by atoms with van der Waals surface area (Å²) in [7, 11) is -2.24. The van der Waals surface area contributed by atoms with Crippen LogP contribution in [0.5, 0.6) is 0 Å². The second-order valence-corrected chi connectivity index (χ2v) is 27.3. The Balaban J connectivity index is 0.000000123. The van der Waals surface area contributed by atoms with Crippen molar-refractivity contribution in [2.75, 3.05) is 0 Å². The topological polar surface area (TPSA) is 35.6 Å². The maximum Gasteiger partial charge on any atom is 0.155 e. The van der Waals surface area contributed by atoms with E-state index in [2.05, 4.69) is 299 Å². The molecule has 16 aromatic rings. The van der Waals surface area contributed by atoms with E-state index in [1.54, 1.807) is 0 Å². The summed E-state index contributed by atoms with van der Waals surface area (Å²) in [5, 5.41) is 14.4. The van der Waals surface area contributed by atoms with Crippen molar-refractivity contribution in [1.29, 1.82) is 0 Å². The van der Waals surface area contributed by atoms with Gasteiger partial charge >= 0.3 is 0 Å². The quantitative estimate of drug-likeness (QED) is 0.118. The second kappa shape index (κ2) is 21.1. The van der Waals surface area contributed by atoms with Gasteiger partial charge in [0.05, 0.1) is 31.5 Å². The molecule has 4 nitrogen and oxygen atoms in total. The van der Waals surface area contributed by atoms with Crippen LogP contribution < -0.4 is 15.6 Å². The van der Waals surface area contributed by atoms with Crippen molar-refractivity contribution in [3.05, 3.63) is 295 Å². The third-order valence-electron chi connectivity index (χ3n) is 15.7. The molecule has 0 aliphatic heterocycles. The molecule has 382 valence electrons. The highest BCUT2D eigenvalue weighted by molar-refractivity contribution is 9.10. The molecule has 0 aliphatic carbocycles. The molecule has 6 aromatic heterocycles. The minimum Gasteiger partial charge on any atom is -0.293 e. The van der Waals surface area contributed by atoms with E-state index in [-0.39, 0.29) is 0 Å². The van der Waals surface area contributed by atoms with Gasteiger partial charge in [0.25, 0.3) is 0 Å². The molecule has 0 radical (unpaired) electrons. The van der Waals surface area contributed by atoms with Crippen LogP contribution in [0, 0.1) is 0 Å². The summed E-state index contributed by atoms with van der Waals surface area (Å²) in [6.45, 7) is 2.48. The molecule has 16 rings (SSSR count). The van der Waals surface area contributed by atoms with E-state index in [9.17, 15) is 0 Å². The molecule has 0 N–H and O–H groups in total. The normalized spacial score (nSPS) is 11.7. The summed E-state index contributed by atoms with van der Waals surface area (Å²) < 4.78 is 10.8. The van der Waals surface area contributed by atoms with Gasteiger partial charge in [0.2, 0.25) is 0 Å². The first-order valence-corrected chi connectivity index (χ1v) is 31.9. The number of para-hydroxylation sites is 2. The van der Waals surface area contributed by atoms with Crippen molar-refractivity contribution < 1.29 is 0 Å². The fourth-order valence-corrected chi connectivity index (χ4v) is 18.0. The average molecular weight is 1140 g/mol. The zero-order valence-corrected chi connectivity index (χ0v) is 48.0. The van der Waals surface area contributed by atoms with Crippen molar-refractivity contribution in [2.45, 2.75) is 13.0 Å². The van der Waals surface area contributed by atoms with E-state index in [0.29, 0.717) is 0 Å². The van der Waals surface area contributed by atoms with E-state index in [0.717, 1.165) is 22.5 Å². The molecule has 0 fully saturated rings. The van der Waals surface area contributed by atoms with Gasteiger partial charge in [0.1, 0.15) is 8.07 Å². The first-order valence-electron chi connectivity index (χ1n) is 26.9. The second-order valence-electron chi connectivity index (χ2n) is 20.3. The molecular weight excluding hydrogens is 1090 g/mol. The summed E-state index contributed by atoms with van der Waals surface area (Å²) in [5.74, 6) is 2.01. The lowest BCUT2D eigenvalue weighted by molar-refractivity contribution is 1.10. The van der Waals surface area contributed by atoms with E-state index in [1.165, 1.54) is 111 Å². The molecule has 80 heavy (non-hydrogen) atoms. The lowest BCUT2D eigenvalue weighted by Crippen LogP contribution is -2.64. The smallest absolute Gasteiger partial charge is 0.155 e. The van der Waals surface area contributed by atoms with Crippen molar-refractivity contribution in [1.82, 2.24) is 19.1 Å². The number of halogens is 1. The van der Waals surface area contributed by atoms with Crippen molar-refractivity contribution in [3.8, 4) is 11.6 Å². The van der Waals surface area contributed by atoms with Crippen LogP contribution in [0.3, 0.4) is 0 Å².